The summed E-state index contributed by atoms with van der Waals surface area (Å²) in [5.41, 5.74) is 1.23. The van der Waals surface area contributed by atoms with Crippen molar-refractivity contribution in [1.29, 1.82) is 0 Å². The van der Waals surface area contributed by atoms with Crippen LogP contribution in [0.5, 0.6) is 11.5 Å². The predicted octanol–water partition coefficient (Wildman–Crippen LogP) is 3.09. The van der Waals surface area contributed by atoms with Gasteiger partial charge in [0.25, 0.3) is 5.91 Å². The second kappa shape index (κ2) is 17.8. The van der Waals surface area contributed by atoms with Crippen molar-refractivity contribution in [2.24, 2.45) is 0 Å². The number of ether oxygens (including phenoxy) is 7. The van der Waals surface area contributed by atoms with E-state index < -0.39 is 60.7 Å². The number of carbonyl (C=O) groups excluding carboxylic acids is 6. The van der Waals surface area contributed by atoms with Crippen LogP contribution in [-0.4, -0.2) is 86.6 Å². The lowest BCUT2D eigenvalue weighted by Gasteiger charge is -2.30. The number of esters is 5. The van der Waals surface area contributed by atoms with Crippen molar-refractivity contribution in [2.45, 2.75) is 59.9 Å². The summed E-state index contributed by atoms with van der Waals surface area (Å²) in [6.45, 7) is 6.95. The Bertz CT molecular complexity index is 1520. The fourth-order valence-electron chi connectivity index (χ4n) is 4.27. The van der Waals surface area contributed by atoms with Gasteiger partial charge in [0.2, 0.25) is 6.10 Å². The van der Waals surface area contributed by atoms with E-state index in [1.165, 1.54) is 14.2 Å². The molecule has 1 amide bonds. The Morgan fingerprint density at radius 2 is 1.47 bits per heavy atom. The Morgan fingerprint density at radius 3 is 2.00 bits per heavy atom. The standard InChI is InChI=1S/C30H36N2O13S2/c1-9-41-29(38)24-23(19-10-11-20(39-7)21(12-19)40-8)14(2)47-28(24)32-30(46)31-27(37)26(45-18(6)36)25(44-17(5)35)22(43-16(4)34)13-42-15(3)33/h10-12,22,25-26H,9,13H2,1-8H3,(H2,31,32,37,46). The van der Waals surface area contributed by atoms with E-state index in [-0.39, 0.29) is 22.3 Å². The highest BCUT2D eigenvalue weighted by Gasteiger charge is 2.42. The monoisotopic (exact) mass is 696 g/mol. The molecule has 1 aromatic heterocycles. The van der Waals surface area contributed by atoms with Gasteiger partial charge in [-0.15, -0.1) is 11.3 Å². The van der Waals surface area contributed by atoms with Crippen molar-refractivity contribution in [3.05, 3.63) is 28.6 Å². The van der Waals surface area contributed by atoms with Crippen LogP contribution in [-0.2, 0) is 47.7 Å². The maximum absolute atomic E-state index is 13.5. The summed E-state index contributed by atoms with van der Waals surface area (Å²) in [4.78, 5) is 74.7. The molecule has 0 aliphatic heterocycles. The van der Waals surface area contributed by atoms with Gasteiger partial charge in [0.05, 0.1) is 20.8 Å². The molecule has 17 heteroatoms. The van der Waals surface area contributed by atoms with E-state index in [9.17, 15) is 28.8 Å². The molecule has 0 aliphatic rings. The summed E-state index contributed by atoms with van der Waals surface area (Å²) < 4.78 is 36.5. The molecule has 0 radical (unpaired) electrons. The van der Waals surface area contributed by atoms with Crippen LogP contribution in [0.3, 0.4) is 0 Å². The number of rotatable bonds is 14. The number of hydrogen-bond acceptors (Lipinski definition) is 15. The van der Waals surface area contributed by atoms with Gasteiger partial charge >= 0.3 is 29.8 Å². The topological polar surface area (TPSA) is 191 Å². The number of thiocarbonyl (C=S) groups is 1. The molecule has 1 aromatic carbocycles. The summed E-state index contributed by atoms with van der Waals surface area (Å²) in [5.74, 6) is -4.42. The summed E-state index contributed by atoms with van der Waals surface area (Å²) in [5, 5.41) is 5.02. The second-order valence-corrected chi connectivity index (χ2v) is 11.2. The number of aryl methyl sites for hydroxylation is 1. The van der Waals surface area contributed by atoms with Gasteiger partial charge in [-0.1, -0.05) is 6.07 Å². The normalized spacial score (nSPS) is 12.3. The molecule has 0 saturated carbocycles. The minimum Gasteiger partial charge on any atom is -0.493 e. The van der Waals surface area contributed by atoms with Gasteiger partial charge in [0, 0.05) is 38.1 Å². The Morgan fingerprint density at radius 1 is 0.851 bits per heavy atom. The lowest BCUT2D eigenvalue weighted by atomic mass is 10.0. The number of anilines is 1. The molecular formula is C30H36N2O13S2. The Balaban J connectivity index is 2.51. The van der Waals surface area contributed by atoms with Crippen molar-refractivity contribution in [3.8, 4) is 22.6 Å². The van der Waals surface area contributed by atoms with E-state index in [1.54, 1.807) is 32.0 Å². The zero-order chi connectivity index (χ0) is 35.4. The zero-order valence-electron chi connectivity index (χ0n) is 27.0. The highest BCUT2D eigenvalue weighted by atomic mass is 32.1. The van der Waals surface area contributed by atoms with Crippen molar-refractivity contribution < 1.29 is 61.9 Å². The fourth-order valence-corrected chi connectivity index (χ4v) is 5.60. The first kappa shape index (κ1) is 38.4. The third kappa shape index (κ3) is 10.9. The number of benzene rings is 1. The minimum absolute atomic E-state index is 0.0676. The van der Waals surface area contributed by atoms with Crippen LogP contribution in [0.2, 0.25) is 0 Å². The first-order valence-electron chi connectivity index (χ1n) is 13.9. The second-order valence-electron chi connectivity index (χ2n) is 9.53. The maximum atomic E-state index is 13.5. The highest BCUT2D eigenvalue weighted by Crippen LogP contribution is 2.42. The molecule has 2 aromatic rings. The predicted molar refractivity (Wildman–Crippen MR) is 171 cm³/mol. The van der Waals surface area contributed by atoms with E-state index in [0.29, 0.717) is 27.5 Å². The smallest absolute Gasteiger partial charge is 0.341 e. The molecule has 0 bridgehead atoms. The summed E-state index contributed by atoms with van der Waals surface area (Å²) >= 11 is 6.51. The van der Waals surface area contributed by atoms with Gasteiger partial charge in [0.1, 0.15) is 17.2 Å². The quantitative estimate of drug-likeness (QED) is 0.166. The number of methoxy groups -OCH3 is 2. The van der Waals surface area contributed by atoms with Crippen LogP contribution in [0.4, 0.5) is 5.00 Å². The van der Waals surface area contributed by atoms with Gasteiger partial charge in [-0.05, 0) is 43.8 Å². The Kier molecular flexibility index (Phi) is 14.5. The lowest BCUT2D eigenvalue weighted by molar-refractivity contribution is -0.190. The van der Waals surface area contributed by atoms with Crippen molar-refractivity contribution >= 4 is 69.4 Å². The molecule has 0 saturated heterocycles. The Hall–Kier alpha value is -4.77. The van der Waals surface area contributed by atoms with Gasteiger partial charge in [-0.25, -0.2) is 4.79 Å². The van der Waals surface area contributed by atoms with Crippen LogP contribution in [0, 0.1) is 6.92 Å². The fraction of sp³-hybridized carbons (Fsp3) is 0.433. The average molecular weight is 697 g/mol. The molecule has 256 valence electrons. The largest absolute Gasteiger partial charge is 0.493 e. The molecule has 2 N–H and O–H groups in total. The van der Waals surface area contributed by atoms with Gasteiger partial charge in [-0.3, -0.25) is 29.3 Å². The van der Waals surface area contributed by atoms with E-state index in [2.05, 4.69) is 10.6 Å². The first-order valence-corrected chi connectivity index (χ1v) is 15.2. The molecular weight excluding hydrogens is 660 g/mol. The SMILES string of the molecule is CCOC(=O)c1c(NC(=S)NC(=O)C(OC(C)=O)C(OC(C)=O)C(COC(C)=O)OC(C)=O)sc(C)c1-c1ccc(OC)c(OC)c1. The van der Waals surface area contributed by atoms with E-state index >= 15 is 0 Å². The van der Waals surface area contributed by atoms with Crippen LogP contribution in [0.25, 0.3) is 11.1 Å². The third-order valence-corrected chi connectivity index (χ3v) is 7.21. The van der Waals surface area contributed by atoms with E-state index in [1.807, 2.05) is 0 Å². The van der Waals surface area contributed by atoms with Gasteiger partial charge in [-0.2, -0.15) is 0 Å². The van der Waals surface area contributed by atoms with Gasteiger partial charge < -0.3 is 38.5 Å². The summed E-state index contributed by atoms with van der Waals surface area (Å²) in [6.07, 6.45) is -5.26. The molecule has 0 fully saturated rings. The number of nitrogens with one attached hydrogen (secondary N) is 2. The molecule has 2 rings (SSSR count). The maximum Gasteiger partial charge on any atom is 0.341 e. The lowest BCUT2D eigenvalue weighted by Crippen LogP contribution is -2.55. The average Bonchev–Trinajstić information content (AvgIpc) is 3.31. The van der Waals surface area contributed by atoms with Crippen LogP contribution < -0.4 is 20.1 Å². The van der Waals surface area contributed by atoms with E-state index in [4.69, 9.17) is 45.4 Å². The number of amides is 1. The minimum atomic E-state index is -1.94. The highest BCUT2D eigenvalue weighted by molar-refractivity contribution is 7.80. The molecule has 47 heavy (non-hydrogen) atoms. The number of hydrogen-bond donors (Lipinski definition) is 2. The molecule has 1 heterocycles. The summed E-state index contributed by atoms with van der Waals surface area (Å²) in [7, 11) is 2.97. The van der Waals surface area contributed by atoms with Crippen LogP contribution >= 0.6 is 23.6 Å². The van der Waals surface area contributed by atoms with Crippen molar-refractivity contribution in [3.63, 3.8) is 0 Å². The third-order valence-electron chi connectivity index (χ3n) is 5.99. The first-order chi connectivity index (χ1) is 22.1. The molecule has 0 spiro atoms. The molecule has 0 aliphatic carbocycles. The molecule has 15 nitrogen and oxygen atoms in total. The number of carbonyl (C=O) groups is 6. The van der Waals surface area contributed by atoms with Crippen LogP contribution in [0.1, 0.15) is 49.9 Å². The van der Waals surface area contributed by atoms with Crippen LogP contribution in [0.15, 0.2) is 18.2 Å². The molecule has 3 atom stereocenters. The van der Waals surface area contributed by atoms with Crippen molar-refractivity contribution in [1.82, 2.24) is 5.32 Å². The van der Waals surface area contributed by atoms with E-state index in [0.717, 1.165) is 39.0 Å². The summed E-state index contributed by atoms with van der Waals surface area (Å²) in [6, 6.07) is 5.10. The van der Waals surface area contributed by atoms with Crippen molar-refractivity contribution in [2.75, 3.05) is 32.8 Å². The molecule has 3 unspecified atom stereocenters. The zero-order valence-corrected chi connectivity index (χ0v) is 28.6. The van der Waals surface area contributed by atoms with Gasteiger partial charge in [0.15, 0.2) is 28.8 Å². The Labute approximate surface area is 280 Å². The number of thiophene rings is 1.